The van der Waals surface area contributed by atoms with Crippen molar-refractivity contribution >= 4 is 5.78 Å². The first-order valence-corrected chi connectivity index (χ1v) is 5.76. The van der Waals surface area contributed by atoms with Crippen molar-refractivity contribution in [3.8, 4) is 0 Å². The van der Waals surface area contributed by atoms with Crippen molar-refractivity contribution in [3.05, 3.63) is 24.0 Å². The fourth-order valence-electron chi connectivity index (χ4n) is 1.47. The number of rotatable bonds is 7. The van der Waals surface area contributed by atoms with Crippen LogP contribution in [0.15, 0.2) is 18.5 Å². The van der Waals surface area contributed by atoms with E-state index in [2.05, 4.69) is 4.74 Å². The molecule has 0 aliphatic rings. The molecule has 1 aromatic heterocycles. The first-order valence-electron chi connectivity index (χ1n) is 5.76. The lowest BCUT2D eigenvalue weighted by Crippen LogP contribution is -2.18. The van der Waals surface area contributed by atoms with E-state index < -0.39 is 12.8 Å². The lowest BCUT2D eigenvalue weighted by Gasteiger charge is -2.07. The summed E-state index contributed by atoms with van der Waals surface area (Å²) in [6.45, 7) is 0.945. The number of carbonyl (C=O) groups is 1. The topological polar surface area (TPSA) is 31.2 Å². The quantitative estimate of drug-likeness (QED) is 0.559. The van der Waals surface area contributed by atoms with Gasteiger partial charge in [0.25, 0.3) is 0 Å². The van der Waals surface area contributed by atoms with Gasteiger partial charge in [-0.2, -0.15) is 13.2 Å². The second-order valence-corrected chi connectivity index (χ2v) is 3.98. The van der Waals surface area contributed by atoms with Crippen molar-refractivity contribution < 1.29 is 22.7 Å². The van der Waals surface area contributed by atoms with E-state index in [9.17, 15) is 18.0 Å². The minimum Gasteiger partial charge on any atom is -0.370 e. The van der Waals surface area contributed by atoms with Gasteiger partial charge in [0.2, 0.25) is 0 Å². The van der Waals surface area contributed by atoms with E-state index in [1.165, 1.54) is 0 Å². The third kappa shape index (κ3) is 5.35. The minimum absolute atomic E-state index is 0.0321. The van der Waals surface area contributed by atoms with Crippen molar-refractivity contribution in [2.45, 2.75) is 32.5 Å². The number of alkyl halides is 3. The molecule has 0 N–H and O–H groups in total. The zero-order valence-corrected chi connectivity index (χ0v) is 10.2. The number of hydrogen-bond acceptors (Lipinski definition) is 2. The molecule has 0 spiro atoms. The molecule has 1 aromatic rings. The van der Waals surface area contributed by atoms with Crippen molar-refractivity contribution in [2.75, 3.05) is 13.2 Å². The summed E-state index contributed by atoms with van der Waals surface area (Å²) in [5, 5.41) is 0. The van der Waals surface area contributed by atoms with E-state index in [1.54, 1.807) is 23.0 Å². The first kappa shape index (κ1) is 14.8. The highest BCUT2D eigenvalue weighted by Gasteiger charge is 2.27. The van der Waals surface area contributed by atoms with Gasteiger partial charge >= 0.3 is 6.18 Å². The van der Waals surface area contributed by atoms with Crippen molar-refractivity contribution in [3.63, 3.8) is 0 Å². The molecule has 1 heterocycles. The molecule has 6 heteroatoms. The van der Waals surface area contributed by atoms with Crippen LogP contribution < -0.4 is 0 Å². The number of Topliss-reactive ketones (excluding diaryl/α,β-unsaturated/α-hetero) is 1. The smallest absolute Gasteiger partial charge is 0.370 e. The highest BCUT2D eigenvalue weighted by atomic mass is 19.4. The lowest BCUT2D eigenvalue weighted by molar-refractivity contribution is -0.174. The van der Waals surface area contributed by atoms with Gasteiger partial charge in [0, 0.05) is 30.9 Å². The summed E-state index contributed by atoms with van der Waals surface area (Å²) in [6.07, 6.45) is 0.265. The van der Waals surface area contributed by atoms with Gasteiger partial charge in [0.15, 0.2) is 5.78 Å². The average Bonchev–Trinajstić information content (AvgIpc) is 2.72. The summed E-state index contributed by atoms with van der Waals surface area (Å²) in [5.41, 5.74) is 0.590. The Morgan fingerprint density at radius 3 is 2.78 bits per heavy atom. The van der Waals surface area contributed by atoms with Crippen LogP contribution in [0.4, 0.5) is 13.2 Å². The van der Waals surface area contributed by atoms with Crippen molar-refractivity contribution in [2.24, 2.45) is 0 Å². The Kier molecular flexibility index (Phi) is 5.40. The fourth-order valence-corrected chi connectivity index (χ4v) is 1.47. The maximum absolute atomic E-state index is 11.8. The normalized spacial score (nSPS) is 11.8. The molecule has 18 heavy (non-hydrogen) atoms. The predicted molar refractivity (Wildman–Crippen MR) is 60.5 cm³/mol. The molecule has 0 amide bonds. The molecule has 102 valence electrons. The van der Waals surface area contributed by atoms with E-state index >= 15 is 0 Å². The Balaban J connectivity index is 2.33. The molecule has 3 nitrogen and oxygen atoms in total. The monoisotopic (exact) mass is 263 g/mol. The third-order valence-corrected chi connectivity index (χ3v) is 2.31. The van der Waals surface area contributed by atoms with Crippen LogP contribution in [0.5, 0.6) is 0 Å². The summed E-state index contributed by atoms with van der Waals surface area (Å²) in [6, 6.07) is 1.67. The van der Waals surface area contributed by atoms with Crippen LogP contribution in [0.1, 0.15) is 30.1 Å². The summed E-state index contributed by atoms with van der Waals surface area (Å²) in [5.74, 6) is 0.0486. The molecule has 0 saturated carbocycles. The Labute approximate surface area is 104 Å². The van der Waals surface area contributed by atoms with Crippen molar-refractivity contribution in [1.82, 2.24) is 4.57 Å². The fraction of sp³-hybridized carbons (Fsp3) is 0.583. The minimum atomic E-state index is -4.29. The molecule has 0 aliphatic carbocycles. The molecular formula is C12H16F3NO2. The van der Waals surface area contributed by atoms with Crippen molar-refractivity contribution in [1.29, 1.82) is 0 Å². The van der Waals surface area contributed by atoms with Crippen LogP contribution in [0, 0.1) is 0 Å². The van der Waals surface area contributed by atoms with Crippen LogP contribution in [0.25, 0.3) is 0 Å². The van der Waals surface area contributed by atoms with E-state index in [-0.39, 0.29) is 12.4 Å². The molecule has 1 rings (SSSR count). The number of carbonyl (C=O) groups excluding carboxylic acids is 1. The molecule has 0 aliphatic heterocycles. The van der Waals surface area contributed by atoms with Crippen LogP contribution >= 0.6 is 0 Å². The molecule has 0 saturated heterocycles. The highest BCUT2D eigenvalue weighted by Crippen LogP contribution is 2.14. The zero-order valence-electron chi connectivity index (χ0n) is 10.2. The van der Waals surface area contributed by atoms with Gasteiger partial charge in [0.05, 0.1) is 6.61 Å². The number of ketones is 1. The predicted octanol–water partition coefficient (Wildman–Crippen LogP) is 3.05. The maximum Gasteiger partial charge on any atom is 0.411 e. The number of nitrogens with zero attached hydrogens (tertiary/aromatic N) is 1. The van der Waals surface area contributed by atoms with Gasteiger partial charge in [-0.3, -0.25) is 4.79 Å². The van der Waals surface area contributed by atoms with E-state index in [0.29, 0.717) is 18.5 Å². The van der Waals surface area contributed by atoms with Gasteiger partial charge in [0.1, 0.15) is 6.61 Å². The standard InChI is InChI=1S/C12H16F3NO2/c1-2-3-11(17)10-4-5-16(8-10)6-7-18-9-12(13,14)15/h4-5,8H,2-3,6-7,9H2,1H3. The summed E-state index contributed by atoms with van der Waals surface area (Å²) in [7, 11) is 0. The number of hydrogen-bond donors (Lipinski definition) is 0. The van der Waals surface area contributed by atoms with Gasteiger partial charge in [-0.05, 0) is 12.5 Å². The molecule has 0 unspecified atom stereocenters. The average molecular weight is 263 g/mol. The molecule has 0 fully saturated rings. The highest BCUT2D eigenvalue weighted by molar-refractivity contribution is 5.95. The lowest BCUT2D eigenvalue weighted by atomic mass is 10.1. The Morgan fingerprint density at radius 2 is 2.17 bits per heavy atom. The molecule has 0 radical (unpaired) electrons. The van der Waals surface area contributed by atoms with E-state index in [0.717, 1.165) is 6.42 Å². The van der Waals surface area contributed by atoms with Crippen LogP contribution in [0.2, 0.25) is 0 Å². The second-order valence-electron chi connectivity index (χ2n) is 3.98. The Hall–Kier alpha value is -1.30. The number of aromatic nitrogens is 1. The summed E-state index contributed by atoms with van der Waals surface area (Å²) < 4.78 is 41.5. The number of ether oxygens (including phenoxy) is 1. The third-order valence-electron chi connectivity index (χ3n) is 2.31. The van der Waals surface area contributed by atoms with E-state index in [1.807, 2.05) is 6.92 Å². The first-order chi connectivity index (χ1) is 8.42. The molecule has 0 bridgehead atoms. The summed E-state index contributed by atoms with van der Waals surface area (Å²) in [4.78, 5) is 11.5. The van der Waals surface area contributed by atoms with Crippen LogP contribution in [-0.4, -0.2) is 29.7 Å². The van der Waals surface area contributed by atoms with E-state index in [4.69, 9.17) is 0 Å². The second kappa shape index (κ2) is 6.58. The molecule has 0 atom stereocenters. The van der Waals surface area contributed by atoms with Gasteiger partial charge in [-0.25, -0.2) is 0 Å². The Morgan fingerprint density at radius 1 is 1.44 bits per heavy atom. The zero-order chi connectivity index (χ0) is 13.6. The number of halogens is 3. The Bertz CT molecular complexity index is 385. The SMILES string of the molecule is CCCC(=O)c1ccn(CCOCC(F)(F)F)c1. The van der Waals surface area contributed by atoms with Gasteiger partial charge in [-0.15, -0.1) is 0 Å². The van der Waals surface area contributed by atoms with Crippen LogP contribution in [-0.2, 0) is 11.3 Å². The van der Waals surface area contributed by atoms with Crippen LogP contribution in [0.3, 0.4) is 0 Å². The maximum atomic E-state index is 11.8. The largest absolute Gasteiger partial charge is 0.411 e. The van der Waals surface area contributed by atoms with Gasteiger partial charge in [-0.1, -0.05) is 6.92 Å². The molecular weight excluding hydrogens is 247 g/mol. The summed E-state index contributed by atoms with van der Waals surface area (Å²) >= 11 is 0. The molecule has 0 aromatic carbocycles. The van der Waals surface area contributed by atoms with Gasteiger partial charge < -0.3 is 9.30 Å².